The Morgan fingerprint density at radius 2 is 2.43 bits per heavy atom. The highest BCUT2D eigenvalue weighted by molar-refractivity contribution is 5.78. The van der Waals surface area contributed by atoms with Gasteiger partial charge in [-0.25, -0.2) is 0 Å². The standard InChI is InChI=1S/C9H15N3O2/c1-9(2,6-13)11-8(14)5-7-3-4-10-12-7/h3-4,13H,5-6H2,1-2H3,(H,10,12)(H,11,14). The molecule has 3 N–H and O–H groups in total. The zero-order valence-electron chi connectivity index (χ0n) is 8.37. The van der Waals surface area contributed by atoms with Gasteiger partial charge >= 0.3 is 0 Å². The molecule has 0 aliphatic heterocycles. The van der Waals surface area contributed by atoms with Crippen molar-refractivity contribution in [1.29, 1.82) is 0 Å². The molecule has 0 fully saturated rings. The molecule has 0 atom stereocenters. The fourth-order valence-corrected chi connectivity index (χ4v) is 1.02. The SMILES string of the molecule is CC(C)(CO)NC(=O)Cc1ccn[nH]1. The second-order valence-corrected chi connectivity index (χ2v) is 3.85. The minimum atomic E-state index is -0.572. The van der Waals surface area contributed by atoms with E-state index in [4.69, 9.17) is 5.11 Å². The van der Waals surface area contributed by atoms with Crippen LogP contribution in [0, 0.1) is 0 Å². The summed E-state index contributed by atoms with van der Waals surface area (Å²) in [6.45, 7) is 3.44. The molecule has 0 spiro atoms. The highest BCUT2D eigenvalue weighted by Crippen LogP contribution is 2.01. The van der Waals surface area contributed by atoms with Gasteiger partial charge in [0.2, 0.25) is 5.91 Å². The number of rotatable bonds is 4. The minimum absolute atomic E-state index is 0.0816. The zero-order valence-corrected chi connectivity index (χ0v) is 8.37. The Balaban J connectivity index is 2.44. The number of carbonyl (C=O) groups is 1. The number of aromatic nitrogens is 2. The van der Waals surface area contributed by atoms with Crippen LogP contribution in [0.1, 0.15) is 19.5 Å². The van der Waals surface area contributed by atoms with Crippen molar-refractivity contribution < 1.29 is 9.90 Å². The van der Waals surface area contributed by atoms with Crippen molar-refractivity contribution in [3.8, 4) is 0 Å². The van der Waals surface area contributed by atoms with Crippen molar-refractivity contribution >= 4 is 5.91 Å². The summed E-state index contributed by atoms with van der Waals surface area (Å²) >= 11 is 0. The molecule has 1 amide bonds. The van der Waals surface area contributed by atoms with Gasteiger partial charge in [-0.3, -0.25) is 9.89 Å². The molecule has 1 aromatic heterocycles. The Labute approximate surface area is 82.5 Å². The molecule has 0 saturated carbocycles. The number of aliphatic hydroxyl groups is 1. The summed E-state index contributed by atoms with van der Waals surface area (Å²) in [5, 5.41) is 18.1. The quantitative estimate of drug-likeness (QED) is 0.627. The van der Waals surface area contributed by atoms with Gasteiger partial charge in [0.15, 0.2) is 0 Å². The van der Waals surface area contributed by atoms with Crippen LogP contribution in [0.3, 0.4) is 0 Å². The van der Waals surface area contributed by atoms with Crippen LogP contribution in [-0.4, -0.2) is 33.4 Å². The van der Waals surface area contributed by atoms with E-state index >= 15 is 0 Å². The average Bonchev–Trinajstić information content (AvgIpc) is 2.55. The first kappa shape index (κ1) is 10.7. The minimum Gasteiger partial charge on any atom is -0.394 e. The number of aromatic amines is 1. The normalized spacial score (nSPS) is 11.4. The molecule has 0 aliphatic rings. The molecule has 5 nitrogen and oxygen atoms in total. The average molecular weight is 197 g/mol. The van der Waals surface area contributed by atoms with Gasteiger partial charge < -0.3 is 10.4 Å². The maximum absolute atomic E-state index is 11.4. The smallest absolute Gasteiger partial charge is 0.226 e. The Kier molecular flexibility index (Phi) is 3.24. The van der Waals surface area contributed by atoms with E-state index in [0.717, 1.165) is 5.69 Å². The van der Waals surface area contributed by atoms with Gasteiger partial charge in [0.25, 0.3) is 0 Å². The lowest BCUT2D eigenvalue weighted by molar-refractivity contribution is -0.122. The van der Waals surface area contributed by atoms with Crippen LogP contribution in [0.2, 0.25) is 0 Å². The summed E-state index contributed by atoms with van der Waals surface area (Å²) in [4.78, 5) is 11.4. The highest BCUT2D eigenvalue weighted by Gasteiger charge is 2.19. The van der Waals surface area contributed by atoms with E-state index in [1.165, 1.54) is 0 Å². The van der Waals surface area contributed by atoms with Crippen LogP contribution in [0.5, 0.6) is 0 Å². The lowest BCUT2D eigenvalue weighted by Crippen LogP contribution is -2.46. The molecular formula is C9H15N3O2. The summed E-state index contributed by atoms with van der Waals surface area (Å²) in [6.07, 6.45) is 1.85. The first-order valence-corrected chi connectivity index (χ1v) is 4.43. The summed E-state index contributed by atoms with van der Waals surface area (Å²) in [5.74, 6) is -0.131. The molecule has 1 aromatic rings. The van der Waals surface area contributed by atoms with Crippen molar-refractivity contribution in [1.82, 2.24) is 15.5 Å². The fourth-order valence-electron chi connectivity index (χ4n) is 1.02. The Hall–Kier alpha value is -1.36. The Morgan fingerprint density at radius 3 is 2.93 bits per heavy atom. The van der Waals surface area contributed by atoms with E-state index in [9.17, 15) is 4.79 Å². The van der Waals surface area contributed by atoms with Gasteiger partial charge in [-0.15, -0.1) is 0 Å². The second kappa shape index (κ2) is 4.23. The molecule has 1 rings (SSSR count). The molecular weight excluding hydrogens is 182 g/mol. The van der Waals surface area contributed by atoms with Crippen LogP contribution in [0.4, 0.5) is 0 Å². The third kappa shape index (κ3) is 3.18. The van der Waals surface area contributed by atoms with Crippen molar-refractivity contribution in [2.45, 2.75) is 25.8 Å². The molecule has 5 heteroatoms. The van der Waals surface area contributed by atoms with Gasteiger partial charge in [-0.1, -0.05) is 0 Å². The Morgan fingerprint density at radius 1 is 1.71 bits per heavy atom. The zero-order chi connectivity index (χ0) is 10.6. The van der Waals surface area contributed by atoms with E-state index in [2.05, 4.69) is 15.5 Å². The van der Waals surface area contributed by atoms with E-state index in [1.807, 2.05) is 0 Å². The monoisotopic (exact) mass is 197 g/mol. The van der Waals surface area contributed by atoms with Gasteiger partial charge in [-0.05, 0) is 19.9 Å². The maximum Gasteiger partial charge on any atom is 0.226 e. The molecule has 78 valence electrons. The van der Waals surface area contributed by atoms with E-state index in [-0.39, 0.29) is 18.9 Å². The second-order valence-electron chi connectivity index (χ2n) is 3.85. The number of carbonyl (C=O) groups excluding carboxylic acids is 1. The number of H-pyrrole nitrogens is 1. The van der Waals surface area contributed by atoms with Crippen molar-refractivity contribution in [2.75, 3.05) is 6.61 Å². The van der Waals surface area contributed by atoms with Crippen molar-refractivity contribution in [2.24, 2.45) is 0 Å². The van der Waals surface area contributed by atoms with Gasteiger partial charge in [0, 0.05) is 11.9 Å². The summed E-state index contributed by atoms with van der Waals surface area (Å²) < 4.78 is 0. The largest absolute Gasteiger partial charge is 0.394 e. The van der Waals surface area contributed by atoms with E-state index in [1.54, 1.807) is 26.1 Å². The fraction of sp³-hybridized carbons (Fsp3) is 0.556. The number of nitrogens with zero attached hydrogens (tertiary/aromatic N) is 1. The topological polar surface area (TPSA) is 78.0 Å². The first-order chi connectivity index (χ1) is 6.53. The van der Waals surface area contributed by atoms with Gasteiger partial charge in [-0.2, -0.15) is 5.10 Å². The number of aliphatic hydroxyl groups excluding tert-OH is 1. The Bertz CT molecular complexity index is 293. The number of nitrogens with one attached hydrogen (secondary N) is 2. The molecule has 0 unspecified atom stereocenters. The third-order valence-electron chi connectivity index (χ3n) is 1.78. The molecule has 0 bridgehead atoms. The van der Waals surface area contributed by atoms with Crippen LogP contribution < -0.4 is 5.32 Å². The predicted molar refractivity (Wildman–Crippen MR) is 51.6 cm³/mol. The number of amides is 1. The maximum atomic E-state index is 11.4. The molecule has 0 aliphatic carbocycles. The molecule has 0 aromatic carbocycles. The van der Waals surface area contributed by atoms with Gasteiger partial charge in [0.1, 0.15) is 0 Å². The molecule has 14 heavy (non-hydrogen) atoms. The van der Waals surface area contributed by atoms with Crippen molar-refractivity contribution in [3.63, 3.8) is 0 Å². The van der Waals surface area contributed by atoms with Crippen molar-refractivity contribution in [3.05, 3.63) is 18.0 Å². The van der Waals surface area contributed by atoms with E-state index < -0.39 is 5.54 Å². The van der Waals surface area contributed by atoms with Crippen LogP contribution in [-0.2, 0) is 11.2 Å². The number of hydrogen-bond acceptors (Lipinski definition) is 3. The third-order valence-corrected chi connectivity index (χ3v) is 1.78. The molecule has 1 heterocycles. The summed E-state index contributed by atoms with van der Waals surface area (Å²) in [5.41, 5.74) is 0.188. The molecule has 0 saturated heterocycles. The van der Waals surface area contributed by atoms with Crippen LogP contribution >= 0.6 is 0 Å². The lowest BCUT2D eigenvalue weighted by atomic mass is 10.1. The first-order valence-electron chi connectivity index (χ1n) is 4.43. The molecule has 0 radical (unpaired) electrons. The summed E-state index contributed by atoms with van der Waals surface area (Å²) in [7, 11) is 0. The van der Waals surface area contributed by atoms with E-state index in [0.29, 0.717) is 0 Å². The van der Waals surface area contributed by atoms with Crippen LogP contribution in [0.15, 0.2) is 12.3 Å². The highest BCUT2D eigenvalue weighted by atomic mass is 16.3. The summed E-state index contributed by atoms with van der Waals surface area (Å²) in [6, 6.07) is 1.74. The van der Waals surface area contributed by atoms with Gasteiger partial charge in [0.05, 0.1) is 18.6 Å². The van der Waals surface area contributed by atoms with Crippen LogP contribution in [0.25, 0.3) is 0 Å². The number of hydrogen-bond donors (Lipinski definition) is 3. The lowest BCUT2D eigenvalue weighted by Gasteiger charge is -2.23. The predicted octanol–water partition coefficient (Wildman–Crippen LogP) is -0.161.